The van der Waals surface area contributed by atoms with Crippen molar-refractivity contribution in [2.45, 2.75) is 13.5 Å². The van der Waals surface area contributed by atoms with Crippen LogP contribution in [0.1, 0.15) is 12.5 Å². The number of ether oxygens (including phenoxy) is 1. The molecule has 0 aliphatic heterocycles. The molecule has 3 nitrogen and oxygen atoms in total. The van der Waals surface area contributed by atoms with E-state index in [1.165, 1.54) is 6.92 Å². The lowest BCUT2D eigenvalue weighted by atomic mass is 10.2. The van der Waals surface area contributed by atoms with E-state index in [0.717, 1.165) is 11.3 Å². The van der Waals surface area contributed by atoms with Gasteiger partial charge in [0, 0.05) is 12.6 Å². The van der Waals surface area contributed by atoms with Crippen LogP contribution < -0.4 is 4.72 Å². The lowest BCUT2D eigenvalue weighted by Gasteiger charge is -2.03. The zero-order valence-corrected chi connectivity index (χ0v) is 8.17. The van der Waals surface area contributed by atoms with Crippen LogP contribution in [-0.4, -0.2) is 5.97 Å². The number of hydrogen-bond donors (Lipinski definition) is 2. The summed E-state index contributed by atoms with van der Waals surface area (Å²) in [5.41, 5.74) is 1.87. The molecular weight excluding hydrogens is 186 g/mol. The number of rotatable bonds is 3. The molecule has 4 heteroatoms. The molecule has 0 radical (unpaired) electrons. The van der Waals surface area contributed by atoms with E-state index in [2.05, 4.69) is 17.5 Å². The minimum absolute atomic E-state index is 0.267. The van der Waals surface area contributed by atoms with Crippen molar-refractivity contribution in [2.24, 2.45) is 0 Å². The van der Waals surface area contributed by atoms with Gasteiger partial charge in [-0.15, -0.1) is 0 Å². The SMILES string of the molecule is CC(=O)OCc1ccc(NS)cc1. The number of esters is 1. The monoisotopic (exact) mass is 197 g/mol. The third-order valence-electron chi connectivity index (χ3n) is 1.53. The van der Waals surface area contributed by atoms with Gasteiger partial charge in [0.25, 0.3) is 0 Å². The highest BCUT2D eigenvalue weighted by Gasteiger charge is 1.95. The Morgan fingerprint density at radius 3 is 2.54 bits per heavy atom. The molecule has 0 unspecified atom stereocenters. The largest absolute Gasteiger partial charge is 0.461 e. The quantitative estimate of drug-likeness (QED) is 0.575. The molecule has 13 heavy (non-hydrogen) atoms. The first kappa shape index (κ1) is 9.92. The van der Waals surface area contributed by atoms with Gasteiger partial charge in [0.1, 0.15) is 6.61 Å². The van der Waals surface area contributed by atoms with E-state index in [1.807, 2.05) is 24.3 Å². The van der Waals surface area contributed by atoms with Crippen molar-refractivity contribution in [3.63, 3.8) is 0 Å². The summed E-state index contributed by atoms with van der Waals surface area (Å²) in [5.74, 6) is -0.267. The van der Waals surface area contributed by atoms with Crippen LogP contribution in [0.25, 0.3) is 0 Å². The molecule has 0 amide bonds. The summed E-state index contributed by atoms with van der Waals surface area (Å²) in [6, 6.07) is 7.49. The average molecular weight is 197 g/mol. The molecule has 0 bridgehead atoms. The molecule has 0 spiro atoms. The fourth-order valence-electron chi connectivity index (χ4n) is 0.860. The molecule has 0 aliphatic rings. The van der Waals surface area contributed by atoms with Gasteiger partial charge in [-0.25, -0.2) is 0 Å². The van der Waals surface area contributed by atoms with Crippen LogP contribution in [0.2, 0.25) is 0 Å². The van der Waals surface area contributed by atoms with E-state index in [0.29, 0.717) is 6.61 Å². The maximum Gasteiger partial charge on any atom is 0.302 e. The Morgan fingerprint density at radius 1 is 1.46 bits per heavy atom. The summed E-state index contributed by atoms with van der Waals surface area (Å²) in [6.45, 7) is 1.71. The minimum Gasteiger partial charge on any atom is -0.461 e. The van der Waals surface area contributed by atoms with Gasteiger partial charge in [0.05, 0.1) is 0 Å². The summed E-state index contributed by atoms with van der Waals surface area (Å²) in [7, 11) is 0. The average Bonchev–Trinajstić information content (AvgIpc) is 2.15. The Hall–Kier alpha value is -1.16. The molecule has 0 heterocycles. The number of carbonyl (C=O) groups is 1. The molecular formula is C9H11NO2S. The molecule has 1 aromatic carbocycles. The van der Waals surface area contributed by atoms with Gasteiger partial charge < -0.3 is 9.46 Å². The number of hydrogen-bond acceptors (Lipinski definition) is 4. The smallest absolute Gasteiger partial charge is 0.302 e. The van der Waals surface area contributed by atoms with Crippen LogP contribution in [0, 0.1) is 0 Å². The highest BCUT2D eigenvalue weighted by molar-refractivity contribution is 7.81. The third kappa shape index (κ3) is 3.38. The van der Waals surface area contributed by atoms with Crippen LogP contribution in [0.4, 0.5) is 5.69 Å². The van der Waals surface area contributed by atoms with Crippen LogP contribution in [0.5, 0.6) is 0 Å². The third-order valence-corrected chi connectivity index (χ3v) is 1.78. The standard InChI is InChI=1S/C9H11NO2S/c1-7(11)12-6-8-2-4-9(10-13)5-3-8/h2-5,10,13H,6H2,1H3. The Bertz CT molecular complexity index is 284. The van der Waals surface area contributed by atoms with Crippen LogP contribution >= 0.6 is 12.8 Å². The maximum atomic E-state index is 10.5. The van der Waals surface area contributed by atoms with E-state index in [9.17, 15) is 4.79 Å². The Morgan fingerprint density at radius 2 is 2.08 bits per heavy atom. The zero-order chi connectivity index (χ0) is 9.68. The number of thiol groups is 1. The van der Waals surface area contributed by atoms with E-state index in [-0.39, 0.29) is 5.97 Å². The predicted octanol–water partition coefficient (Wildman–Crippen LogP) is 2.01. The van der Waals surface area contributed by atoms with Crippen molar-refractivity contribution in [1.82, 2.24) is 0 Å². The fraction of sp³-hybridized carbons (Fsp3) is 0.222. The number of nitrogens with one attached hydrogen (secondary N) is 1. The van der Waals surface area contributed by atoms with Crippen molar-refractivity contribution in [1.29, 1.82) is 0 Å². The highest BCUT2D eigenvalue weighted by atomic mass is 32.1. The Balaban J connectivity index is 2.54. The van der Waals surface area contributed by atoms with Crippen LogP contribution in [0.3, 0.4) is 0 Å². The van der Waals surface area contributed by atoms with E-state index < -0.39 is 0 Å². The van der Waals surface area contributed by atoms with Gasteiger partial charge in [-0.1, -0.05) is 24.9 Å². The molecule has 70 valence electrons. The van der Waals surface area contributed by atoms with E-state index in [4.69, 9.17) is 4.74 Å². The Labute approximate surface area is 82.6 Å². The second kappa shape index (κ2) is 4.77. The molecule has 0 atom stereocenters. The van der Waals surface area contributed by atoms with Gasteiger partial charge in [-0.2, -0.15) is 0 Å². The van der Waals surface area contributed by atoms with E-state index in [1.54, 1.807) is 0 Å². The summed E-state index contributed by atoms with van der Waals surface area (Å²) >= 11 is 3.89. The van der Waals surface area contributed by atoms with Gasteiger partial charge in [-0.05, 0) is 17.7 Å². The van der Waals surface area contributed by atoms with Crippen molar-refractivity contribution in [3.05, 3.63) is 29.8 Å². The molecule has 0 aromatic heterocycles. The highest BCUT2D eigenvalue weighted by Crippen LogP contribution is 2.10. The second-order valence-corrected chi connectivity index (χ2v) is 2.81. The molecule has 1 rings (SSSR count). The lowest BCUT2D eigenvalue weighted by molar-refractivity contribution is -0.142. The summed E-state index contributed by atoms with van der Waals surface area (Å²) in [5, 5.41) is 0. The first-order chi connectivity index (χ1) is 6.22. The van der Waals surface area contributed by atoms with Crippen LogP contribution in [0.15, 0.2) is 24.3 Å². The summed E-state index contributed by atoms with van der Waals surface area (Å²) < 4.78 is 7.53. The van der Waals surface area contributed by atoms with Crippen molar-refractivity contribution < 1.29 is 9.53 Å². The van der Waals surface area contributed by atoms with E-state index >= 15 is 0 Å². The minimum atomic E-state index is -0.267. The molecule has 0 fully saturated rings. The molecule has 0 aliphatic carbocycles. The van der Waals surface area contributed by atoms with Gasteiger partial charge in [0.15, 0.2) is 0 Å². The molecule has 0 saturated carbocycles. The number of anilines is 1. The summed E-state index contributed by atoms with van der Waals surface area (Å²) in [4.78, 5) is 10.5. The van der Waals surface area contributed by atoms with Crippen LogP contribution in [-0.2, 0) is 16.1 Å². The molecule has 1 N–H and O–H groups in total. The topological polar surface area (TPSA) is 38.3 Å². The van der Waals surface area contributed by atoms with Gasteiger partial charge in [-0.3, -0.25) is 4.79 Å². The lowest BCUT2D eigenvalue weighted by Crippen LogP contribution is -1.98. The maximum absolute atomic E-state index is 10.5. The first-order valence-corrected chi connectivity index (χ1v) is 4.29. The van der Waals surface area contributed by atoms with Gasteiger partial charge in [0.2, 0.25) is 0 Å². The second-order valence-electron chi connectivity index (χ2n) is 2.59. The number of carbonyl (C=O) groups excluding carboxylic acids is 1. The first-order valence-electron chi connectivity index (χ1n) is 3.85. The summed E-state index contributed by atoms with van der Waals surface area (Å²) in [6.07, 6.45) is 0. The van der Waals surface area contributed by atoms with Crippen molar-refractivity contribution >= 4 is 24.5 Å². The normalized spacial score (nSPS) is 9.38. The molecule has 0 saturated heterocycles. The molecule has 1 aromatic rings. The van der Waals surface area contributed by atoms with Gasteiger partial charge >= 0.3 is 5.97 Å². The van der Waals surface area contributed by atoms with Crippen molar-refractivity contribution in [3.8, 4) is 0 Å². The predicted molar refractivity (Wildman–Crippen MR) is 54.5 cm³/mol. The van der Waals surface area contributed by atoms with Crippen molar-refractivity contribution in [2.75, 3.05) is 4.72 Å². The number of benzene rings is 1. The zero-order valence-electron chi connectivity index (χ0n) is 7.28. The Kier molecular flexibility index (Phi) is 3.64. The fourth-order valence-corrected chi connectivity index (χ4v) is 1.01.